The fraction of sp³-hybridized carbons (Fsp3) is 0.400. The Bertz CT molecular complexity index is 939. The highest BCUT2D eigenvalue weighted by Gasteiger charge is 2.27. The van der Waals surface area contributed by atoms with Gasteiger partial charge in [-0.05, 0) is 42.5 Å². The molecule has 1 aliphatic rings. The largest absolute Gasteiger partial charge is 0.497 e. The number of hydrogen-bond donors (Lipinski definition) is 0. The first-order valence-corrected chi connectivity index (χ1v) is 9.52. The van der Waals surface area contributed by atoms with Crippen LogP contribution < -0.4 is 4.74 Å². The highest BCUT2D eigenvalue weighted by Crippen LogP contribution is 2.31. The second-order valence-electron chi connectivity index (χ2n) is 7.21. The Morgan fingerprint density at radius 3 is 2.64 bits per heavy atom. The Labute approximate surface area is 151 Å². The average molecular weight is 354 g/mol. The summed E-state index contributed by atoms with van der Waals surface area (Å²) in [6.07, 6.45) is 1.20. The zero-order chi connectivity index (χ0) is 17.6. The Balaban J connectivity index is 1.70. The lowest BCUT2D eigenvalue weighted by Gasteiger charge is -2.34. The number of thiophene rings is 1. The number of ether oxygens (including phenoxy) is 1. The highest BCUT2D eigenvalue weighted by molar-refractivity contribution is 7.20. The second kappa shape index (κ2) is 6.30. The molecule has 4 nitrogen and oxygen atoms in total. The maximum Gasteiger partial charge on any atom is 0.264 e. The molecule has 1 amide bonds. The molecule has 25 heavy (non-hydrogen) atoms. The molecule has 4 rings (SSSR count). The van der Waals surface area contributed by atoms with Crippen LogP contribution in [0.4, 0.5) is 0 Å². The van der Waals surface area contributed by atoms with Crippen LogP contribution in [0.15, 0.2) is 30.3 Å². The van der Waals surface area contributed by atoms with E-state index in [2.05, 4.69) is 19.9 Å². The van der Waals surface area contributed by atoms with Gasteiger partial charge in [0, 0.05) is 29.9 Å². The van der Waals surface area contributed by atoms with Crippen molar-refractivity contribution < 1.29 is 9.53 Å². The molecule has 0 radical (unpaired) electrons. The number of carbonyl (C=O) groups excluding carboxylic acids is 1. The molecule has 2 aromatic heterocycles. The van der Waals surface area contributed by atoms with Gasteiger partial charge in [0.25, 0.3) is 5.91 Å². The Hall–Kier alpha value is -2.14. The molecule has 3 heterocycles. The van der Waals surface area contributed by atoms with Gasteiger partial charge in [-0.15, -0.1) is 11.3 Å². The number of fused-ring (bicyclic) bond motifs is 2. The summed E-state index contributed by atoms with van der Waals surface area (Å²) in [6, 6.07) is 9.97. The number of amides is 1. The van der Waals surface area contributed by atoms with Gasteiger partial charge < -0.3 is 9.64 Å². The van der Waals surface area contributed by atoms with E-state index in [4.69, 9.17) is 9.72 Å². The lowest BCUT2D eigenvalue weighted by atomic mass is 9.92. The zero-order valence-corrected chi connectivity index (χ0v) is 15.6. The van der Waals surface area contributed by atoms with E-state index in [1.165, 1.54) is 17.8 Å². The third-order valence-corrected chi connectivity index (χ3v) is 5.91. The van der Waals surface area contributed by atoms with Crippen molar-refractivity contribution in [3.63, 3.8) is 0 Å². The molecule has 2 unspecified atom stereocenters. The third kappa shape index (κ3) is 3.09. The SMILES string of the molecule is COc1ccc2cc3cc(C(=O)N4CC(C)CC(C)C4)sc3nc2c1. The maximum absolute atomic E-state index is 12.9. The van der Waals surface area contributed by atoms with Gasteiger partial charge in [0.1, 0.15) is 10.6 Å². The Kier molecular flexibility index (Phi) is 4.12. The van der Waals surface area contributed by atoms with Crippen molar-refractivity contribution in [1.82, 2.24) is 9.88 Å². The molecule has 1 aliphatic heterocycles. The topological polar surface area (TPSA) is 42.4 Å². The first kappa shape index (κ1) is 16.3. The van der Waals surface area contributed by atoms with Crippen LogP contribution in [0.5, 0.6) is 5.75 Å². The van der Waals surface area contributed by atoms with E-state index in [9.17, 15) is 4.79 Å². The molecular weight excluding hydrogens is 332 g/mol. The number of pyridine rings is 1. The molecule has 0 spiro atoms. The number of aromatic nitrogens is 1. The van der Waals surface area contributed by atoms with E-state index in [-0.39, 0.29) is 5.91 Å². The van der Waals surface area contributed by atoms with Crippen LogP contribution in [0, 0.1) is 11.8 Å². The van der Waals surface area contributed by atoms with Crippen LogP contribution in [0.3, 0.4) is 0 Å². The van der Waals surface area contributed by atoms with Gasteiger partial charge in [0.05, 0.1) is 17.5 Å². The first-order valence-electron chi connectivity index (χ1n) is 8.71. The van der Waals surface area contributed by atoms with Crippen molar-refractivity contribution in [1.29, 1.82) is 0 Å². The van der Waals surface area contributed by atoms with E-state index in [0.29, 0.717) is 11.8 Å². The van der Waals surface area contributed by atoms with Gasteiger partial charge in [0.15, 0.2) is 0 Å². The van der Waals surface area contributed by atoms with E-state index >= 15 is 0 Å². The monoisotopic (exact) mass is 354 g/mol. The lowest BCUT2D eigenvalue weighted by Crippen LogP contribution is -2.42. The fourth-order valence-corrected chi connectivity index (χ4v) is 4.81. The molecule has 0 bridgehead atoms. The van der Waals surface area contributed by atoms with Crippen LogP contribution >= 0.6 is 11.3 Å². The van der Waals surface area contributed by atoms with Crippen LogP contribution in [0.1, 0.15) is 29.9 Å². The van der Waals surface area contributed by atoms with Gasteiger partial charge >= 0.3 is 0 Å². The van der Waals surface area contributed by atoms with Gasteiger partial charge in [-0.1, -0.05) is 13.8 Å². The zero-order valence-electron chi connectivity index (χ0n) is 14.8. The van der Waals surface area contributed by atoms with Crippen LogP contribution in [0.2, 0.25) is 0 Å². The fourth-order valence-electron chi connectivity index (χ4n) is 3.82. The van der Waals surface area contributed by atoms with Crippen molar-refractivity contribution in [3.05, 3.63) is 35.2 Å². The minimum Gasteiger partial charge on any atom is -0.497 e. The van der Waals surface area contributed by atoms with Gasteiger partial charge in [0.2, 0.25) is 0 Å². The number of carbonyl (C=O) groups is 1. The van der Waals surface area contributed by atoms with Gasteiger partial charge in [-0.3, -0.25) is 4.79 Å². The molecular formula is C20H22N2O2S. The number of benzene rings is 1. The molecule has 130 valence electrons. The molecule has 0 saturated carbocycles. The number of likely N-dealkylation sites (tertiary alicyclic amines) is 1. The Morgan fingerprint density at radius 2 is 1.92 bits per heavy atom. The van der Waals surface area contributed by atoms with Gasteiger partial charge in [-0.25, -0.2) is 4.98 Å². The molecule has 2 atom stereocenters. The molecule has 1 fully saturated rings. The summed E-state index contributed by atoms with van der Waals surface area (Å²) in [7, 11) is 1.65. The van der Waals surface area contributed by atoms with Crippen molar-refractivity contribution in [3.8, 4) is 5.75 Å². The van der Waals surface area contributed by atoms with Crippen LogP contribution in [0.25, 0.3) is 21.1 Å². The number of piperidine rings is 1. The van der Waals surface area contributed by atoms with Crippen LogP contribution in [-0.4, -0.2) is 36.0 Å². The molecule has 1 saturated heterocycles. The molecule has 1 aromatic carbocycles. The van der Waals surface area contributed by atoms with E-state index in [1.54, 1.807) is 7.11 Å². The predicted octanol–water partition coefficient (Wildman–Crippen LogP) is 4.58. The van der Waals surface area contributed by atoms with Crippen molar-refractivity contribution in [2.75, 3.05) is 20.2 Å². The molecule has 0 aliphatic carbocycles. The molecule has 0 N–H and O–H groups in total. The van der Waals surface area contributed by atoms with Gasteiger partial charge in [-0.2, -0.15) is 0 Å². The maximum atomic E-state index is 12.9. The molecule has 3 aromatic rings. The number of rotatable bonds is 2. The summed E-state index contributed by atoms with van der Waals surface area (Å²) in [6.45, 7) is 6.15. The van der Waals surface area contributed by atoms with Crippen molar-refractivity contribution in [2.24, 2.45) is 11.8 Å². The Morgan fingerprint density at radius 1 is 1.16 bits per heavy atom. The van der Waals surface area contributed by atoms with Crippen LogP contribution in [-0.2, 0) is 0 Å². The summed E-state index contributed by atoms with van der Waals surface area (Å²) in [5, 5.41) is 2.09. The number of nitrogens with zero attached hydrogens (tertiary/aromatic N) is 2. The minimum atomic E-state index is 0.142. The van der Waals surface area contributed by atoms with E-state index in [1.807, 2.05) is 29.2 Å². The lowest BCUT2D eigenvalue weighted by molar-refractivity contribution is 0.0628. The summed E-state index contributed by atoms with van der Waals surface area (Å²) < 4.78 is 5.28. The normalized spacial score (nSPS) is 21.0. The number of hydrogen-bond acceptors (Lipinski definition) is 4. The van der Waals surface area contributed by atoms with E-state index < -0.39 is 0 Å². The van der Waals surface area contributed by atoms with Crippen molar-refractivity contribution >= 4 is 38.4 Å². The summed E-state index contributed by atoms with van der Waals surface area (Å²) in [5.41, 5.74) is 0.896. The standard InChI is InChI=1S/C20H22N2O2S/c1-12-6-13(2)11-22(10-12)20(23)18-8-15-7-14-4-5-16(24-3)9-17(14)21-19(15)25-18/h4-5,7-9,12-13H,6,10-11H2,1-3H3. The number of methoxy groups -OCH3 is 1. The first-order chi connectivity index (χ1) is 12.0. The third-order valence-electron chi connectivity index (χ3n) is 4.88. The predicted molar refractivity (Wildman–Crippen MR) is 103 cm³/mol. The summed E-state index contributed by atoms with van der Waals surface area (Å²) in [5.74, 6) is 2.07. The molecule has 5 heteroatoms. The average Bonchev–Trinajstić information content (AvgIpc) is 3.00. The smallest absolute Gasteiger partial charge is 0.264 e. The summed E-state index contributed by atoms with van der Waals surface area (Å²) >= 11 is 1.49. The minimum absolute atomic E-state index is 0.142. The quantitative estimate of drug-likeness (QED) is 0.677. The highest BCUT2D eigenvalue weighted by atomic mass is 32.1. The summed E-state index contributed by atoms with van der Waals surface area (Å²) in [4.78, 5) is 21.4. The van der Waals surface area contributed by atoms with E-state index in [0.717, 1.165) is 44.8 Å². The second-order valence-corrected chi connectivity index (χ2v) is 8.24. The van der Waals surface area contributed by atoms with Crippen molar-refractivity contribution in [2.45, 2.75) is 20.3 Å².